The number of hydrogen-bond donors (Lipinski definition) is 2. The number of anilines is 2. The molecule has 8 nitrogen and oxygen atoms in total. The lowest BCUT2D eigenvalue weighted by molar-refractivity contribution is -0.120. The Morgan fingerprint density at radius 3 is 2.81 bits per heavy atom. The van der Waals surface area contributed by atoms with E-state index in [0.717, 1.165) is 31.6 Å². The van der Waals surface area contributed by atoms with Gasteiger partial charge in [0.2, 0.25) is 5.91 Å². The molecule has 8 heteroatoms. The van der Waals surface area contributed by atoms with Gasteiger partial charge in [0.1, 0.15) is 11.6 Å². The van der Waals surface area contributed by atoms with Crippen molar-refractivity contribution >= 4 is 29.4 Å². The molecular weight excluding hydrogens is 334 g/mol. The SMILES string of the molecule is O=C1CCN(c2ccccc2C(=O)Nc2cnc3n2CCCC3)C(=O)N1. The van der Waals surface area contributed by atoms with E-state index < -0.39 is 6.03 Å². The number of benzene rings is 1. The Hall–Kier alpha value is -3.16. The average Bonchev–Trinajstić information content (AvgIpc) is 3.05. The number of carbonyl (C=O) groups is 3. The molecule has 0 aliphatic carbocycles. The average molecular weight is 353 g/mol. The third-order valence-corrected chi connectivity index (χ3v) is 4.71. The third kappa shape index (κ3) is 2.94. The fraction of sp³-hybridized carbons (Fsp3) is 0.333. The number of fused-ring (bicyclic) bond motifs is 1. The highest BCUT2D eigenvalue weighted by atomic mass is 16.2. The van der Waals surface area contributed by atoms with E-state index in [1.807, 2.05) is 4.57 Å². The van der Waals surface area contributed by atoms with Crippen LogP contribution in [0.4, 0.5) is 16.3 Å². The highest BCUT2D eigenvalue weighted by molar-refractivity contribution is 6.12. The van der Waals surface area contributed by atoms with E-state index in [4.69, 9.17) is 0 Å². The van der Waals surface area contributed by atoms with Gasteiger partial charge >= 0.3 is 6.03 Å². The Balaban J connectivity index is 1.60. The van der Waals surface area contributed by atoms with Crippen molar-refractivity contribution in [1.82, 2.24) is 14.9 Å². The van der Waals surface area contributed by atoms with Gasteiger partial charge in [-0.15, -0.1) is 0 Å². The molecule has 3 heterocycles. The van der Waals surface area contributed by atoms with Gasteiger partial charge in [0.25, 0.3) is 5.91 Å². The molecule has 2 aliphatic rings. The standard InChI is InChI=1S/C18H19N5O3/c24-16-8-10-22(18(26)21-16)13-6-2-1-5-12(13)17(25)20-15-11-19-14-7-3-4-9-23(14)15/h1-2,5-6,11H,3-4,7-10H2,(H,20,25)(H,21,24,26). The van der Waals surface area contributed by atoms with E-state index in [1.165, 1.54) is 4.90 Å². The van der Waals surface area contributed by atoms with Crippen LogP contribution in [0.3, 0.4) is 0 Å². The molecule has 0 bridgehead atoms. The topological polar surface area (TPSA) is 96.3 Å². The summed E-state index contributed by atoms with van der Waals surface area (Å²) >= 11 is 0. The summed E-state index contributed by atoms with van der Waals surface area (Å²) in [6, 6.07) is 6.37. The molecule has 0 spiro atoms. The Bertz CT molecular complexity index is 889. The van der Waals surface area contributed by atoms with E-state index >= 15 is 0 Å². The predicted octanol–water partition coefficient (Wildman–Crippen LogP) is 1.92. The normalized spacial score (nSPS) is 16.8. The lowest BCUT2D eigenvalue weighted by atomic mass is 10.1. The molecule has 2 aliphatic heterocycles. The Labute approximate surface area is 150 Å². The summed E-state index contributed by atoms with van der Waals surface area (Å²) in [7, 11) is 0. The second-order valence-electron chi connectivity index (χ2n) is 6.39. The maximum Gasteiger partial charge on any atom is 0.328 e. The number of imidazole rings is 1. The van der Waals surface area contributed by atoms with Crippen LogP contribution in [0.25, 0.3) is 0 Å². The zero-order valence-electron chi connectivity index (χ0n) is 14.2. The van der Waals surface area contributed by atoms with E-state index in [-0.39, 0.29) is 24.8 Å². The van der Waals surface area contributed by atoms with Crippen LogP contribution in [0.1, 0.15) is 35.4 Å². The quantitative estimate of drug-likeness (QED) is 0.881. The van der Waals surface area contributed by atoms with Crippen molar-refractivity contribution in [2.45, 2.75) is 32.2 Å². The van der Waals surface area contributed by atoms with Crippen LogP contribution in [-0.2, 0) is 17.8 Å². The van der Waals surface area contributed by atoms with Gasteiger partial charge in [0.15, 0.2) is 0 Å². The minimum Gasteiger partial charge on any atom is -0.315 e. The molecule has 0 saturated carbocycles. The van der Waals surface area contributed by atoms with Crippen molar-refractivity contribution in [2.24, 2.45) is 0 Å². The van der Waals surface area contributed by atoms with Crippen LogP contribution in [0.5, 0.6) is 0 Å². The van der Waals surface area contributed by atoms with Crippen molar-refractivity contribution in [2.75, 3.05) is 16.8 Å². The summed E-state index contributed by atoms with van der Waals surface area (Å²) in [6.45, 7) is 1.08. The second-order valence-corrected chi connectivity index (χ2v) is 6.39. The molecule has 1 aromatic heterocycles. The Morgan fingerprint density at radius 1 is 1.12 bits per heavy atom. The van der Waals surface area contributed by atoms with Gasteiger partial charge in [0, 0.05) is 25.9 Å². The molecule has 134 valence electrons. The monoisotopic (exact) mass is 353 g/mol. The molecule has 2 N–H and O–H groups in total. The summed E-state index contributed by atoms with van der Waals surface area (Å²) in [4.78, 5) is 42.2. The van der Waals surface area contributed by atoms with Gasteiger partial charge in [-0.1, -0.05) is 12.1 Å². The number of nitrogens with zero attached hydrogens (tertiary/aromatic N) is 3. The van der Waals surface area contributed by atoms with Crippen LogP contribution in [0, 0.1) is 0 Å². The number of carbonyl (C=O) groups excluding carboxylic acids is 3. The molecule has 0 unspecified atom stereocenters. The molecule has 0 atom stereocenters. The third-order valence-electron chi connectivity index (χ3n) is 4.71. The number of urea groups is 1. The van der Waals surface area contributed by atoms with Gasteiger partial charge in [-0.3, -0.25) is 19.8 Å². The first-order valence-electron chi connectivity index (χ1n) is 8.69. The van der Waals surface area contributed by atoms with Gasteiger partial charge in [-0.25, -0.2) is 9.78 Å². The van der Waals surface area contributed by atoms with Gasteiger partial charge in [0.05, 0.1) is 17.4 Å². The minimum atomic E-state index is -0.511. The van der Waals surface area contributed by atoms with Gasteiger partial charge in [-0.2, -0.15) is 0 Å². The van der Waals surface area contributed by atoms with Crippen LogP contribution in [0.15, 0.2) is 30.5 Å². The zero-order valence-corrected chi connectivity index (χ0v) is 14.2. The van der Waals surface area contributed by atoms with Crippen molar-refractivity contribution in [3.63, 3.8) is 0 Å². The van der Waals surface area contributed by atoms with Crippen LogP contribution in [-0.4, -0.2) is 33.9 Å². The van der Waals surface area contributed by atoms with Gasteiger partial charge < -0.3 is 9.88 Å². The van der Waals surface area contributed by atoms with Crippen LogP contribution >= 0.6 is 0 Å². The van der Waals surface area contributed by atoms with E-state index in [0.29, 0.717) is 17.1 Å². The van der Waals surface area contributed by atoms with Crippen LogP contribution < -0.4 is 15.5 Å². The molecule has 2 aromatic rings. The first-order chi connectivity index (χ1) is 12.6. The van der Waals surface area contributed by atoms with Crippen molar-refractivity contribution in [3.8, 4) is 0 Å². The van der Waals surface area contributed by atoms with Crippen molar-refractivity contribution in [1.29, 1.82) is 0 Å². The van der Waals surface area contributed by atoms with E-state index in [1.54, 1.807) is 30.5 Å². The Morgan fingerprint density at radius 2 is 1.96 bits per heavy atom. The summed E-state index contributed by atoms with van der Waals surface area (Å²) in [5, 5.41) is 5.19. The number of nitrogens with one attached hydrogen (secondary N) is 2. The van der Waals surface area contributed by atoms with Gasteiger partial charge in [-0.05, 0) is 25.0 Å². The van der Waals surface area contributed by atoms with Crippen LogP contribution in [0.2, 0.25) is 0 Å². The molecule has 26 heavy (non-hydrogen) atoms. The molecule has 1 saturated heterocycles. The number of imide groups is 1. The van der Waals surface area contributed by atoms with E-state index in [2.05, 4.69) is 15.6 Å². The second kappa shape index (κ2) is 6.62. The maximum absolute atomic E-state index is 12.9. The van der Waals surface area contributed by atoms with Crippen molar-refractivity contribution in [3.05, 3.63) is 41.9 Å². The fourth-order valence-corrected chi connectivity index (χ4v) is 3.39. The smallest absolute Gasteiger partial charge is 0.315 e. The lowest BCUT2D eigenvalue weighted by Gasteiger charge is -2.28. The van der Waals surface area contributed by atoms with E-state index in [9.17, 15) is 14.4 Å². The summed E-state index contributed by atoms with van der Waals surface area (Å²) in [5.74, 6) is 1.03. The summed E-state index contributed by atoms with van der Waals surface area (Å²) in [6.07, 6.45) is 4.96. The molecule has 1 aromatic carbocycles. The number of hydrogen-bond acceptors (Lipinski definition) is 4. The fourth-order valence-electron chi connectivity index (χ4n) is 3.39. The number of aromatic nitrogens is 2. The highest BCUT2D eigenvalue weighted by Crippen LogP contribution is 2.25. The first kappa shape index (κ1) is 16.3. The number of amides is 4. The molecule has 4 amide bonds. The maximum atomic E-state index is 12.9. The number of aryl methyl sites for hydroxylation is 1. The largest absolute Gasteiger partial charge is 0.328 e. The number of rotatable bonds is 3. The molecule has 1 fully saturated rings. The number of para-hydroxylation sites is 1. The lowest BCUT2D eigenvalue weighted by Crippen LogP contribution is -2.50. The minimum absolute atomic E-state index is 0.206. The summed E-state index contributed by atoms with van der Waals surface area (Å²) in [5.41, 5.74) is 0.858. The molecule has 4 rings (SSSR count). The summed E-state index contributed by atoms with van der Waals surface area (Å²) < 4.78 is 2.02. The first-order valence-corrected chi connectivity index (χ1v) is 8.69. The highest BCUT2D eigenvalue weighted by Gasteiger charge is 2.27. The molecule has 0 radical (unpaired) electrons. The van der Waals surface area contributed by atoms with Crippen molar-refractivity contribution < 1.29 is 14.4 Å². The molecular formula is C18H19N5O3. The predicted molar refractivity (Wildman–Crippen MR) is 95.1 cm³/mol. The zero-order chi connectivity index (χ0) is 18.1. The Kier molecular flexibility index (Phi) is 4.16.